The molecule has 0 unspecified atom stereocenters. The zero-order chi connectivity index (χ0) is 16.6. The zero-order valence-corrected chi connectivity index (χ0v) is 14.5. The van der Waals surface area contributed by atoms with Crippen LogP contribution in [0.25, 0.3) is 0 Å². The number of nitrogens with zero attached hydrogens (tertiary/aromatic N) is 1. The molecule has 2 aliphatic rings. The van der Waals surface area contributed by atoms with Crippen molar-refractivity contribution in [1.82, 2.24) is 0 Å². The summed E-state index contributed by atoms with van der Waals surface area (Å²) in [5.41, 5.74) is 4.22. The van der Waals surface area contributed by atoms with E-state index in [2.05, 4.69) is 9.62 Å². The van der Waals surface area contributed by atoms with Gasteiger partial charge in [-0.2, -0.15) is 0 Å². The first kappa shape index (κ1) is 15.5. The van der Waals surface area contributed by atoms with Crippen molar-refractivity contribution in [1.29, 1.82) is 0 Å². The Morgan fingerprint density at radius 1 is 0.833 bits per heavy atom. The summed E-state index contributed by atoms with van der Waals surface area (Å²) in [7, 11) is -3.53. The predicted molar refractivity (Wildman–Crippen MR) is 97.2 cm³/mol. The number of fused-ring (bicyclic) bond motifs is 1. The fourth-order valence-electron chi connectivity index (χ4n) is 3.65. The monoisotopic (exact) mass is 342 g/mol. The molecule has 0 bridgehead atoms. The molecule has 0 atom stereocenters. The minimum atomic E-state index is -3.53. The maximum atomic E-state index is 12.6. The van der Waals surface area contributed by atoms with Gasteiger partial charge >= 0.3 is 0 Å². The van der Waals surface area contributed by atoms with Gasteiger partial charge in [-0.05, 0) is 79.6 Å². The molecule has 126 valence electrons. The van der Waals surface area contributed by atoms with Gasteiger partial charge < -0.3 is 4.90 Å². The second kappa shape index (κ2) is 6.13. The van der Waals surface area contributed by atoms with E-state index in [4.69, 9.17) is 0 Å². The van der Waals surface area contributed by atoms with Crippen molar-refractivity contribution < 1.29 is 8.42 Å². The third-order valence-electron chi connectivity index (χ3n) is 4.97. The summed E-state index contributed by atoms with van der Waals surface area (Å²) in [5.74, 6) is 0. The lowest BCUT2D eigenvalue weighted by Crippen LogP contribution is -2.17. The lowest BCUT2D eigenvalue weighted by Gasteiger charge is -2.18. The first-order chi connectivity index (χ1) is 11.6. The van der Waals surface area contributed by atoms with Gasteiger partial charge in [-0.3, -0.25) is 4.72 Å². The maximum Gasteiger partial charge on any atom is 0.261 e. The first-order valence-electron chi connectivity index (χ1n) is 8.61. The maximum absolute atomic E-state index is 12.6. The van der Waals surface area contributed by atoms with E-state index < -0.39 is 10.0 Å². The van der Waals surface area contributed by atoms with Crippen LogP contribution in [0.3, 0.4) is 0 Å². The molecule has 2 aromatic carbocycles. The van der Waals surface area contributed by atoms with Gasteiger partial charge in [0, 0.05) is 24.5 Å². The molecule has 0 spiro atoms. The van der Waals surface area contributed by atoms with Crippen molar-refractivity contribution in [3.63, 3.8) is 0 Å². The van der Waals surface area contributed by atoms with Crippen LogP contribution < -0.4 is 9.62 Å². The van der Waals surface area contributed by atoms with Gasteiger partial charge in [0.1, 0.15) is 0 Å². The van der Waals surface area contributed by atoms with Crippen LogP contribution in [-0.2, 0) is 22.9 Å². The van der Waals surface area contributed by atoms with E-state index in [-0.39, 0.29) is 0 Å². The van der Waals surface area contributed by atoms with Crippen molar-refractivity contribution in [2.24, 2.45) is 0 Å². The van der Waals surface area contributed by atoms with Crippen LogP contribution in [0.5, 0.6) is 0 Å². The van der Waals surface area contributed by atoms with Crippen molar-refractivity contribution in [2.45, 2.75) is 37.0 Å². The van der Waals surface area contributed by atoms with Crippen LogP contribution in [0.2, 0.25) is 0 Å². The molecule has 1 fully saturated rings. The van der Waals surface area contributed by atoms with Gasteiger partial charge in [-0.1, -0.05) is 6.07 Å². The molecule has 4 nitrogen and oxygen atoms in total. The smallest absolute Gasteiger partial charge is 0.261 e. The van der Waals surface area contributed by atoms with Crippen LogP contribution in [0.1, 0.15) is 30.4 Å². The third-order valence-corrected chi connectivity index (χ3v) is 6.35. The summed E-state index contributed by atoms with van der Waals surface area (Å²) < 4.78 is 27.9. The first-order valence-corrected chi connectivity index (χ1v) is 10.1. The quantitative estimate of drug-likeness (QED) is 0.924. The standard InChI is InChI=1S/C19H22N2O2S/c22-24(23,19-11-6-15-4-3-5-16(15)14-19)20-17-7-9-18(10-8-17)21-12-1-2-13-21/h6-11,14,20H,1-5,12-13H2. The predicted octanol–water partition coefficient (Wildman–Crippen LogP) is 3.58. The lowest BCUT2D eigenvalue weighted by atomic mass is 10.1. The largest absolute Gasteiger partial charge is 0.372 e. The van der Waals surface area contributed by atoms with Crippen LogP contribution in [0.4, 0.5) is 11.4 Å². The summed E-state index contributed by atoms with van der Waals surface area (Å²) in [4.78, 5) is 2.69. The van der Waals surface area contributed by atoms with E-state index in [1.165, 1.54) is 24.0 Å². The number of rotatable bonds is 4. The second-order valence-corrected chi connectivity index (χ2v) is 8.31. The van der Waals surface area contributed by atoms with Gasteiger partial charge in [0.2, 0.25) is 0 Å². The number of aryl methyl sites for hydroxylation is 2. The number of sulfonamides is 1. The van der Waals surface area contributed by atoms with Crippen molar-refractivity contribution in [2.75, 3.05) is 22.7 Å². The molecule has 0 radical (unpaired) electrons. The SMILES string of the molecule is O=S(=O)(Nc1ccc(N2CCCC2)cc1)c1ccc2c(c1)CCC2. The number of benzene rings is 2. The zero-order valence-electron chi connectivity index (χ0n) is 13.7. The van der Waals surface area contributed by atoms with Crippen LogP contribution in [-0.4, -0.2) is 21.5 Å². The fourth-order valence-corrected chi connectivity index (χ4v) is 4.75. The van der Waals surface area contributed by atoms with Crippen LogP contribution >= 0.6 is 0 Å². The Hall–Kier alpha value is -2.01. The highest BCUT2D eigenvalue weighted by molar-refractivity contribution is 7.92. The molecule has 1 aliphatic carbocycles. The Bertz CT molecular complexity index is 838. The van der Waals surface area contributed by atoms with Gasteiger partial charge in [-0.15, -0.1) is 0 Å². The Morgan fingerprint density at radius 3 is 2.29 bits per heavy atom. The summed E-state index contributed by atoms with van der Waals surface area (Å²) in [5, 5.41) is 0. The summed E-state index contributed by atoms with van der Waals surface area (Å²) in [6.07, 6.45) is 5.61. The molecule has 0 amide bonds. The number of hydrogen-bond acceptors (Lipinski definition) is 3. The minimum Gasteiger partial charge on any atom is -0.372 e. The lowest BCUT2D eigenvalue weighted by molar-refractivity contribution is 0.601. The minimum absolute atomic E-state index is 0.353. The highest BCUT2D eigenvalue weighted by Crippen LogP contribution is 2.27. The molecule has 4 rings (SSSR count). The van der Waals surface area contributed by atoms with Gasteiger partial charge in [0.25, 0.3) is 10.0 Å². The third kappa shape index (κ3) is 3.00. The molecular weight excluding hydrogens is 320 g/mol. The van der Waals surface area contributed by atoms with E-state index in [9.17, 15) is 8.42 Å². The highest BCUT2D eigenvalue weighted by atomic mass is 32.2. The molecule has 2 aromatic rings. The summed E-state index contributed by atoms with van der Waals surface area (Å²) in [6.45, 7) is 2.17. The molecule has 1 saturated heterocycles. The van der Waals surface area contributed by atoms with Crippen molar-refractivity contribution in [3.05, 3.63) is 53.6 Å². The summed E-state index contributed by atoms with van der Waals surface area (Å²) >= 11 is 0. The van der Waals surface area contributed by atoms with Crippen molar-refractivity contribution in [3.8, 4) is 0 Å². The van der Waals surface area contributed by atoms with E-state index in [0.29, 0.717) is 10.6 Å². The normalized spacial score (nSPS) is 17.1. The van der Waals surface area contributed by atoms with Crippen LogP contribution in [0.15, 0.2) is 47.4 Å². The Balaban J connectivity index is 1.53. The van der Waals surface area contributed by atoms with Crippen LogP contribution in [0, 0.1) is 0 Å². The number of anilines is 2. The van der Waals surface area contributed by atoms with E-state index in [1.807, 2.05) is 36.4 Å². The average Bonchev–Trinajstić information content (AvgIpc) is 3.26. The molecule has 1 heterocycles. The van der Waals surface area contributed by atoms with Gasteiger partial charge in [0.15, 0.2) is 0 Å². The summed E-state index contributed by atoms with van der Waals surface area (Å²) in [6, 6.07) is 13.2. The molecule has 1 N–H and O–H groups in total. The highest BCUT2D eigenvalue weighted by Gasteiger charge is 2.19. The second-order valence-electron chi connectivity index (χ2n) is 6.63. The topological polar surface area (TPSA) is 49.4 Å². The molecule has 0 saturated carbocycles. The number of hydrogen-bond donors (Lipinski definition) is 1. The Morgan fingerprint density at radius 2 is 1.54 bits per heavy atom. The number of nitrogens with one attached hydrogen (secondary N) is 1. The van der Waals surface area contributed by atoms with Gasteiger partial charge in [0.05, 0.1) is 4.90 Å². The van der Waals surface area contributed by atoms with E-state index >= 15 is 0 Å². The molecule has 1 aliphatic heterocycles. The van der Waals surface area contributed by atoms with Gasteiger partial charge in [-0.25, -0.2) is 8.42 Å². The Kier molecular flexibility index (Phi) is 3.96. The molecule has 0 aromatic heterocycles. The molecule has 24 heavy (non-hydrogen) atoms. The Labute approximate surface area is 143 Å². The van der Waals surface area contributed by atoms with Crippen molar-refractivity contribution >= 4 is 21.4 Å². The van der Waals surface area contributed by atoms with E-state index in [1.54, 1.807) is 6.07 Å². The molecular formula is C19H22N2O2S. The fraction of sp³-hybridized carbons (Fsp3) is 0.368. The average molecular weight is 342 g/mol. The molecule has 5 heteroatoms. The van der Waals surface area contributed by atoms with E-state index in [0.717, 1.165) is 38.0 Å².